The van der Waals surface area contributed by atoms with Gasteiger partial charge in [-0.15, -0.1) is 0 Å². The van der Waals surface area contributed by atoms with Crippen molar-refractivity contribution in [1.29, 1.82) is 0 Å². The molecule has 0 aromatic rings. The van der Waals surface area contributed by atoms with Crippen molar-refractivity contribution >= 4 is 26.0 Å². The average molecular weight is 340 g/mol. The molecule has 0 spiro atoms. The summed E-state index contributed by atoms with van der Waals surface area (Å²) in [5.41, 5.74) is 0. The zero-order chi connectivity index (χ0) is 13.5. The molecule has 0 saturated carbocycles. The van der Waals surface area contributed by atoms with Crippen LogP contribution in [-0.2, 0) is 10.0 Å². The second kappa shape index (κ2) is 7.58. The van der Waals surface area contributed by atoms with Gasteiger partial charge in [-0.3, -0.25) is 0 Å². The van der Waals surface area contributed by atoms with Gasteiger partial charge in [0.25, 0.3) is 0 Å². The molecule has 0 amide bonds. The monoisotopic (exact) mass is 339 g/mol. The Morgan fingerprint density at radius 1 is 1.35 bits per heavy atom. The normalized spacial score (nSPS) is 14.9. The summed E-state index contributed by atoms with van der Waals surface area (Å²) in [7, 11) is -3.60. The number of halogens is 4. The van der Waals surface area contributed by atoms with Crippen molar-refractivity contribution < 1.29 is 21.6 Å². The summed E-state index contributed by atoms with van der Waals surface area (Å²) in [6.07, 6.45) is -4.05. The second-order valence-corrected chi connectivity index (χ2v) is 6.99. The van der Waals surface area contributed by atoms with Crippen LogP contribution in [-0.4, -0.2) is 31.7 Å². The largest absolute Gasteiger partial charge is 0.389 e. The average Bonchev–Trinajstić information content (AvgIpc) is 2.13. The number of rotatable bonds is 8. The molecule has 3 nitrogen and oxygen atoms in total. The van der Waals surface area contributed by atoms with Crippen molar-refractivity contribution in [3.8, 4) is 0 Å². The van der Waals surface area contributed by atoms with Crippen LogP contribution in [0, 0.1) is 0 Å². The molecule has 0 fully saturated rings. The van der Waals surface area contributed by atoms with Gasteiger partial charge in [0.05, 0.1) is 5.75 Å². The maximum absolute atomic E-state index is 11.8. The molecule has 0 rings (SSSR count). The fraction of sp³-hybridized carbons (Fsp3) is 1.00. The molecule has 0 saturated heterocycles. The molecule has 8 heteroatoms. The third kappa shape index (κ3) is 11.0. The van der Waals surface area contributed by atoms with E-state index >= 15 is 0 Å². The van der Waals surface area contributed by atoms with Gasteiger partial charge in [0, 0.05) is 17.8 Å². The highest BCUT2D eigenvalue weighted by molar-refractivity contribution is 9.09. The van der Waals surface area contributed by atoms with Crippen LogP contribution in [0.4, 0.5) is 13.2 Å². The third-order valence-corrected chi connectivity index (χ3v) is 4.21. The molecule has 1 unspecified atom stereocenters. The van der Waals surface area contributed by atoms with Gasteiger partial charge in [-0.1, -0.05) is 29.3 Å². The first kappa shape index (κ1) is 17.2. The van der Waals surface area contributed by atoms with Crippen molar-refractivity contribution in [2.75, 3.05) is 12.3 Å². The summed E-state index contributed by atoms with van der Waals surface area (Å²) in [5.74, 6) is -0.488. The first-order valence-electron chi connectivity index (χ1n) is 5.34. The molecule has 0 aliphatic heterocycles. The molecular weight excluding hydrogens is 323 g/mol. The Kier molecular flexibility index (Phi) is 7.66. The lowest BCUT2D eigenvalue weighted by Crippen LogP contribution is -2.31. The number of sulfonamides is 1. The SMILES string of the molecule is CCCC(Br)CNS(=O)(=O)CCCC(F)(F)F. The van der Waals surface area contributed by atoms with Crippen molar-refractivity contribution in [2.24, 2.45) is 0 Å². The smallest absolute Gasteiger partial charge is 0.214 e. The molecule has 1 N–H and O–H groups in total. The Labute approximate surface area is 108 Å². The van der Waals surface area contributed by atoms with Crippen LogP contribution in [0.15, 0.2) is 0 Å². The van der Waals surface area contributed by atoms with Crippen LogP contribution in [0.1, 0.15) is 32.6 Å². The van der Waals surface area contributed by atoms with Crippen LogP contribution in [0.3, 0.4) is 0 Å². The van der Waals surface area contributed by atoms with E-state index in [4.69, 9.17) is 0 Å². The van der Waals surface area contributed by atoms with E-state index in [1.54, 1.807) is 0 Å². The molecule has 104 valence electrons. The summed E-state index contributed by atoms with van der Waals surface area (Å²) in [4.78, 5) is 0.0184. The number of alkyl halides is 4. The van der Waals surface area contributed by atoms with Gasteiger partial charge in [0.2, 0.25) is 10.0 Å². The van der Waals surface area contributed by atoms with Crippen molar-refractivity contribution in [3.63, 3.8) is 0 Å². The Hall–Kier alpha value is 0.180. The van der Waals surface area contributed by atoms with Gasteiger partial charge >= 0.3 is 6.18 Å². The molecule has 0 aliphatic rings. The van der Waals surface area contributed by atoms with E-state index in [9.17, 15) is 21.6 Å². The number of hydrogen-bond acceptors (Lipinski definition) is 2. The van der Waals surface area contributed by atoms with Gasteiger partial charge in [0.15, 0.2) is 0 Å². The van der Waals surface area contributed by atoms with Crippen LogP contribution in [0.5, 0.6) is 0 Å². The zero-order valence-corrected chi connectivity index (χ0v) is 12.0. The molecule has 0 aliphatic carbocycles. The van der Waals surface area contributed by atoms with E-state index < -0.39 is 34.8 Å². The van der Waals surface area contributed by atoms with E-state index in [1.807, 2.05) is 6.92 Å². The van der Waals surface area contributed by atoms with E-state index in [0.717, 1.165) is 12.8 Å². The second-order valence-electron chi connectivity index (χ2n) is 3.77. The molecule has 0 radical (unpaired) electrons. The summed E-state index contributed by atoms with van der Waals surface area (Å²) in [5, 5.41) is 0. The third-order valence-electron chi connectivity index (χ3n) is 2.00. The summed E-state index contributed by atoms with van der Waals surface area (Å²) >= 11 is 3.28. The molecule has 0 aromatic carbocycles. The maximum atomic E-state index is 11.8. The quantitative estimate of drug-likeness (QED) is 0.691. The highest BCUT2D eigenvalue weighted by atomic mass is 79.9. The minimum Gasteiger partial charge on any atom is -0.214 e. The van der Waals surface area contributed by atoms with Crippen LogP contribution < -0.4 is 4.72 Å². The lowest BCUT2D eigenvalue weighted by molar-refractivity contribution is -0.134. The standard InChI is InChI=1S/C9H17BrF3NO2S/c1-2-4-8(10)7-14-17(15,16)6-3-5-9(11,12)13/h8,14H,2-7H2,1H3. The molecule has 17 heavy (non-hydrogen) atoms. The van der Waals surface area contributed by atoms with E-state index in [0.29, 0.717) is 0 Å². The Bertz CT molecular complexity index is 306. The lowest BCUT2D eigenvalue weighted by Gasteiger charge is -2.11. The van der Waals surface area contributed by atoms with E-state index in [1.165, 1.54) is 0 Å². The summed E-state index contributed by atoms with van der Waals surface area (Å²) in [6, 6.07) is 0. The van der Waals surface area contributed by atoms with E-state index in [2.05, 4.69) is 20.7 Å². The lowest BCUT2D eigenvalue weighted by atomic mass is 10.2. The van der Waals surface area contributed by atoms with Crippen molar-refractivity contribution in [2.45, 2.75) is 43.6 Å². The predicted octanol–water partition coefficient (Wildman–Crippen LogP) is 2.81. The van der Waals surface area contributed by atoms with Crippen molar-refractivity contribution in [1.82, 2.24) is 4.72 Å². The minimum atomic E-state index is -4.30. The minimum absolute atomic E-state index is 0.0184. The Morgan fingerprint density at radius 2 is 1.94 bits per heavy atom. The van der Waals surface area contributed by atoms with E-state index in [-0.39, 0.29) is 11.4 Å². The van der Waals surface area contributed by atoms with Gasteiger partial charge in [-0.05, 0) is 12.8 Å². The van der Waals surface area contributed by atoms with Gasteiger partial charge in [-0.25, -0.2) is 13.1 Å². The first-order chi connectivity index (χ1) is 7.66. The molecular formula is C9H17BrF3NO2S. The Balaban J connectivity index is 3.89. The maximum Gasteiger partial charge on any atom is 0.389 e. The van der Waals surface area contributed by atoms with Crippen molar-refractivity contribution in [3.05, 3.63) is 0 Å². The first-order valence-corrected chi connectivity index (χ1v) is 7.91. The topological polar surface area (TPSA) is 46.2 Å². The highest BCUT2D eigenvalue weighted by Crippen LogP contribution is 2.21. The fourth-order valence-electron chi connectivity index (χ4n) is 1.17. The number of hydrogen-bond donors (Lipinski definition) is 1. The number of nitrogens with one attached hydrogen (secondary N) is 1. The van der Waals surface area contributed by atoms with Crippen LogP contribution in [0.25, 0.3) is 0 Å². The Morgan fingerprint density at radius 3 is 2.41 bits per heavy atom. The summed E-state index contributed by atoms with van der Waals surface area (Å²) in [6.45, 7) is 2.17. The van der Waals surface area contributed by atoms with Gasteiger partial charge < -0.3 is 0 Å². The molecule has 0 bridgehead atoms. The van der Waals surface area contributed by atoms with Gasteiger partial charge in [-0.2, -0.15) is 13.2 Å². The molecule has 1 atom stereocenters. The predicted molar refractivity (Wildman–Crippen MR) is 64.7 cm³/mol. The van der Waals surface area contributed by atoms with Gasteiger partial charge in [0.1, 0.15) is 0 Å². The summed E-state index contributed by atoms with van der Waals surface area (Å²) < 4.78 is 60.4. The molecule has 0 heterocycles. The highest BCUT2D eigenvalue weighted by Gasteiger charge is 2.27. The zero-order valence-electron chi connectivity index (χ0n) is 9.56. The molecule has 0 aromatic heterocycles. The van der Waals surface area contributed by atoms with Crippen LogP contribution in [0.2, 0.25) is 0 Å². The fourth-order valence-corrected chi connectivity index (χ4v) is 3.13. The van der Waals surface area contributed by atoms with Crippen LogP contribution >= 0.6 is 15.9 Å².